The van der Waals surface area contributed by atoms with E-state index in [4.69, 9.17) is 30.5 Å². The molecule has 3 aromatic carbocycles. The number of carbonyl (C=O) groups excluding carboxylic acids is 1. The van der Waals surface area contributed by atoms with Crippen LogP contribution in [-0.4, -0.2) is 66.0 Å². The molecule has 1 saturated heterocycles. The molecule has 1 heterocycles. The zero-order chi connectivity index (χ0) is 29.2. The van der Waals surface area contributed by atoms with Gasteiger partial charge in [-0.1, -0.05) is 31.2 Å². The second-order valence-corrected chi connectivity index (χ2v) is 10.2. The average Bonchev–Trinajstić information content (AvgIpc) is 3.03. The van der Waals surface area contributed by atoms with Crippen molar-refractivity contribution in [2.75, 3.05) is 65.0 Å². The third-order valence-electron chi connectivity index (χ3n) is 7.38. The van der Waals surface area contributed by atoms with E-state index >= 15 is 0 Å². The number of halogens is 1. The predicted octanol–water partition coefficient (Wildman–Crippen LogP) is 5.41. The van der Waals surface area contributed by atoms with E-state index in [1.807, 2.05) is 36.4 Å². The van der Waals surface area contributed by atoms with E-state index in [0.29, 0.717) is 30.2 Å². The van der Waals surface area contributed by atoms with Crippen LogP contribution in [0, 0.1) is 0 Å². The van der Waals surface area contributed by atoms with Crippen LogP contribution in [-0.2, 0) is 4.79 Å². The van der Waals surface area contributed by atoms with Crippen molar-refractivity contribution in [2.24, 2.45) is 0 Å². The van der Waals surface area contributed by atoms with Crippen LogP contribution in [0.25, 0.3) is 11.1 Å². The topological polar surface area (TPSA) is 81.3 Å². The molecule has 1 amide bonds. The first-order valence-electron chi connectivity index (χ1n) is 14.0. The molecule has 0 spiro atoms. The number of anilines is 1. The van der Waals surface area contributed by atoms with E-state index in [9.17, 15) is 4.79 Å². The lowest BCUT2D eigenvalue weighted by atomic mass is 9.88. The summed E-state index contributed by atoms with van der Waals surface area (Å²) in [6, 6.07) is 18.1. The molecule has 0 aliphatic carbocycles. The molecule has 220 valence electrons. The number of para-hydroxylation sites is 1. The van der Waals surface area contributed by atoms with Crippen LogP contribution in [0.1, 0.15) is 36.8 Å². The van der Waals surface area contributed by atoms with E-state index in [1.54, 1.807) is 21.3 Å². The van der Waals surface area contributed by atoms with E-state index < -0.39 is 0 Å². The van der Waals surface area contributed by atoms with Crippen molar-refractivity contribution in [2.45, 2.75) is 25.7 Å². The van der Waals surface area contributed by atoms with Crippen molar-refractivity contribution in [3.05, 3.63) is 65.7 Å². The Morgan fingerprint density at radius 1 is 0.976 bits per heavy atom. The summed E-state index contributed by atoms with van der Waals surface area (Å²) in [7, 11) is 5.05. The molecule has 1 atom stereocenters. The number of benzene rings is 3. The van der Waals surface area contributed by atoms with Crippen LogP contribution in [0.2, 0.25) is 0 Å². The number of hydrogen-bond acceptors (Lipinski definition) is 7. The first-order valence-corrected chi connectivity index (χ1v) is 14.5. The monoisotopic (exact) mass is 581 g/mol. The molecule has 1 aliphatic heterocycles. The van der Waals surface area contributed by atoms with Crippen LogP contribution >= 0.6 is 11.6 Å². The molecule has 0 radical (unpaired) electrons. The number of piperazine rings is 1. The highest BCUT2D eigenvalue weighted by atomic mass is 35.5. The molecule has 41 heavy (non-hydrogen) atoms. The van der Waals surface area contributed by atoms with Crippen LogP contribution in [0.3, 0.4) is 0 Å². The van der Waals surface area contributed by atoms with E-state index in [1.165, 1.54) is 0 Å². The lowest BCUT2D eigenvalue weighted by Gasteiger charge is -2.31. The highest BCUT2D eigenvalue weighted by molar-refractivity contribution is 6.17. The number of hydrogen-bond donors (Lipinski definition) is 2. The van der Waals surface area contributed by atoms with Gasteiger partial charge in [0.2, 0.25) is 5.91 Å². The number of carbonyl (C=O) groups is 1. The van der Waals surface area contributed by atoms with Gasteiger partial charge in [0.15, 0.2) is 6.73 Å². The van der Waals surface area contributed by atoms with Gasteiger partial charge in [-0.3, -0.25) is 4.79 Å². The van der Waals surface area contributed by atoms with Gasteiger partial charge in [-0.25, -0.2) is 0 Å². The number of methoxy groups -OCH3 is 3. The first-order chi connectivity index (χ1) is 20.0. The zero-order valence-corrected chi connectivity index (χ0v) is 25.1. The summed E-state index contributed by atoms with van der Waals surface area (Å²) in [6.07, 6.45) is 0.994. The Morgan fingerprint density at radius 2 is 1.73 bits per heavy atom. The molecule has 1 aliphatic rings. The van der Waals surface area contributed by atoms with Gasteiger partial charge in [-0.15, -0.1) is 11.6 Å². The summed E-state index contributed by atoms with van der Waals surface area (Å²) in [5.74, 6) is 3.14. The van der Waals surface area contributed by atoms with E-state index in [-0.39, 0.29) is 18.6 Å². The van der Waals surface area contributed by atoms with Crippen molar-refractivity contribution in [1.29, 1.82) is 0 Å². The number of nitrogens with one attached hydrogen (secondary N) is 2. The van der Waals surface area contributed by atoms with Gasteiger partial charge in [0.25, 0.3) is 0 Å². The minimum atomic E-state index is -0.148. The standard InChI is InChI=1S/C32H40ClN3O5/c1-22(24-8-5-6-9-27(24)41-21-35-30(37)10-7-15-33)31-28(38-2)14-12-25(32(31)40-4)23-11-13-26(29(20-23)39-3)36-18-16-34-17-19-36/h5-6,8-9,11-14,20,22,34H,7,10,15-19,21H2,1-4H3,(H,35,37). The molecule has 9 heteroatoms. The fourth-order valence-electron chi connectivity index (χ4n) is 5.26. The van der Waals surface area contributed by atoms with Crippen molar-refractivity contribution >= 4 is 23.2 Å². The Kier molecular flexibility index (Phi) is 11.0. The third kappa shape index (κ3) is 7.18. The van der Waals surface area contributed by atoms with Crippen molar-refractivity contribution in [3.8, 4) is 34.1 Å². The molecule has 2 N–H and O–H groups in total. The molecule has 4 rings (SSSR count). The summed E-state index contributed by atoms with van der Waals surface area (Å²) in [5.41, 5.74) is 4.85. The van der Waals surface area contributed by atoms with Crippen LogP contribution < -0.4 is 34.5 Å². The minimum Gasteiger partial charge on any atom is -0.496 e. The van der Waals surface area contributed by atoms with Crippen LogP contribution in [0.4, 0.5) is 5.69 Å². The number of ether oxygens (including phenoxy) is 4. The predicted molar refractivity (Wildman–Crippen MR) is 164 cm³/mol. The van der Waals surface area contributed by atoms with Gasteiger partial charge in [0.05, 0.1) is 27.0 Å². The van der Waals surface area contributed by atoms with Crippen molar-refractivity contribution in [3.63, 3.8) is 0 Å². The molecule has 0 bridgehead atoms. The second kappa shape index (κ2) is 14.8. The molecule has 0 saturated carbocycles. The smallest absolute Gasteiger partial charge is 0.222 e. The molecular weight excluding hydrogens is 542 g/mol. The molecule has 8 nitrogen and oxygen atoms in total. The normalized spacial score (nSPS) is 13.8. The van der Waals surface area contributed by atoms with Gasteiger partial charge in [-0.2, -0.15) is 0 Å². The fourth-order valence-corrected chi connectivity index (χ4v) is 5.40. The Balaban J connectivity index is 1.67. The maximum Gasteiger partial charge on any atom is 0.222 e. The Labute approximate surface area is 247 Å². The van der Waals surface area contributed by atoms with Crippen LogP contribution in [0.15, 0.2) is 54.6 Å². The fraction of sp³-hybridized carbons (Fsp3) is 0.406. The Bertz CT molecular complexity index is 1310. The molecule has 1 fully saturated rings. The molecular formula is C32H40ClN3O5. The number of amides is 1. The minimum absolute atomic E-state index is 0.0678. The highest BCUT2D eigenvalue weighted by Gasteiger charge is 2.25. The van der Waals surface area contributed by atoms with Gasteiger partial charge >= 0.3 is 0 Å². The number of nitrogens with zero attached hydrogens (tertiary/aromatic N) is 1. The highest BCUT2D eigenvalue weighted by Crippen LogP contribution is 2.47. The molecule has 3 aromatic rings. The maximum absolute atomic E-state index is 12.0. The first kappa shape index (κ1) is 30.3. The number of rotatable bonds is 13. The molecule has 1 unspecified atom stereocenters. The van der Waals surface area contributed by atoms with Crippen LogP contribution in [0.5, 0.6) is 23.0 Å². The van der Waals surface area contributed by atoms with E-state index in [0.717, 1.165) is 65.6 Å². The second-order valence-electron chi connectivity index (χ2n) is 9.83. The summed E-state index contributed by atoms with van der Waals surface area (Å²) >= 11 is 5.70. The van der Waals surface area contributed by atoms with Gasteiger partial charge < -0.3 is 34.5 Å². The Hall–Kier alpha value is -3.62. The average molecular weight is 582 g/mol. The summed E-state index contributed by atoms with van der Waals surface area (Å²) in [4.78, 5) is 14.4. The Morgan fingerprint density at radius 3 is 2.44 bits per heavy atom. The van der Waals surface area contributed by atoms with Gasteiger partial charge in [0, 0.05) is 61.1 Å². The molecule has 0 aromatic heterocycles. The third-order valence-corrected chi connectivity index (χ3v) is 7.65. The lowest BCUT2D eigenvalue weighted by molar-refractivity contribution is -0.122. The lowest BCUT2D eigenvalue weighted by Crippen LogP contribution is -2.43. The van der Waals surface area contributed by atoms with Crippen molar-refractivity contribution < 1.29 is 23.7 Å². The quantitative estimate of drug-likeness (QED) is 0.206. The largest absolute Gasteiger partial charge is 0.496 e. The summed E-state index contributed by atoms with van der Waals surface area (Å²) in [5, 5.41) is 6.20. The SMILES string of the molecule is COc1cc(-c2ccc(OC)c(C(C)c3ccccc3OCNC(=O)CCCCl)c2OC)ccc1N1CCNCC1. The van der Waals surface area contributed by atoms with Gasteiger partial charge in [0.1, 0.15) is 23.0 Å². The van der Waals surface area contributed by atoms with E-state index in [2.05, 4.69) is 40.7 Å². The van der Waals surface area contributed by atoms with Crippen molar-refractivity contribution in [1.82, 2.24) is 10.6 Å². The van der Waals surface area contributed by atoms with Gasteiger partial charge in [-0.05, 0) is 42.3 Å². The summed E-state index contributed by atoms with van der Waals surface area (Å²) in [6.45, 7) is 5.93. The number of alkyl halides is 1. The summed E-state index contributed by atoms with van der Waals surface area (Å²) < 4.78 is 23.8. The zero-order valence-electron chi connectivity index (χ0n) is 24.3. The maximum atomic E-state index is 12.0.